The van der Waals surface area contributed by atoms with Gasteiger partial charge < -0.3 is 10.4 Å². The Hall–Kier alpha value is -1.16. The number of aliphatic hydroxyl groups excluding tert-OH is 1. The number of imidazole rings is 1. The zero-order valence-corrected chi connectivity index (χ0v) is 13.3. The fraction of sp³-hybridized carbons (Fsp3) is 0.583. The highest BCUT2D eigenvalue weighted by Gasteiger charge is 2.38. The zero-order chi connectivity index (χ0) is 15.0. The number of hydrogen-bond donors (Lipinski definition) is 2. The normalized spacial score (nSPS) is 16.5. The van der Waals surface area contributed by atoms with Crippen LogP contribution >= 0.6 is 11.3 Å². The van der Waals surface area contributed by atoms with Crippen LogP contribution in [0.5, 0.6) is 0 Å². The van der Waals surface area contributed by atoms with Crippen molar-refractivity contribution in [3.63, 3.8) is 0 Å². The van der Waals surface area contributed by atoms with Crippen molar-refractivity contribution in [1.82, 2.24) is 13.7 Å². The molecule has 0 unspecified atom stereocenters. The van der Waals surface area contributed by atoms with Gasteiger partial charge in [-0.3, -0.25) is 4.40 Å². The second kappa shape index (κ2) is 5.56. The minimum atomic E-state index is -3.70. The van der Waals surface area contributed by atoms with E-state index in [1.165, 1.54) is 15.6 Å². The summed E-state index contributed by atoms with van der Waals surface area (Å²) in [6, 6.07) is -0.0176. The number of nitrogens with one attached hydrogen (secondary N) is 1. The minimum Gasteiger partial charge on any atom is -0.395 e. The highest BCUT2D eigenvalue weighted by Crippen LogP contribution is 2.33. The van der Waals surface area contributed by atoms with Crippen LogP contribution in [0.15, 0.2) is 16.6 Å². The zero-order valence-electron chi connectivity index (χ0n) is 11.7. The number of sulfonamides is 1. The van der Waals surface area contributed by atoms with Crippen molar-refractivity contribution in [2.45, 2.75) is 30.3 Å². The molecule has 0 aromatic carbocycles. The Bertz CT molecular complexity index is 733. The van der Waals surface area contributed by atoms with E-state index in [2.05, 4.69) is 10.3 Å². The number of anilines is 1. The molecule has 1 aliphatic carbocycles. The quantitative estimate of drug-likeness (QED) is 0.824. The lowest BCUT2D eigenvalue weighted by atomic mass is 9.93. The Morgan fingerprint density at radius 1 is 1.57 bits per heavy atom. The van der Waals surface area contributed by atoms with E-state index in [0.717, 1.165) is 19.3 Å². The Labute approximate surface area is 127 Å². The summed E-state index contributed by atoms with van der Waals surface area (Å²) in [5.41, 5.74) is 0. The largest absolute Gasteiger partial charge is 0.395 e. The van der Waals surface area contributed by atoms with Crippen LogP contribution in [0.3, 0.4) is 0 Å². The second-order valence-corrected chi connectivity index (χ2v) is 7.67. The molecule has 2 aromatic rings. The summed E-state index contributed by atoms with van der Waals surface area (Å²) >= 11 is 1.39. The Morgan fingerprint density at radius 3 is 2.90 bits per heavy atom. The molecule has 0 amide bonds. The molecule has 3 rings (SSSR count). The van der Waals surface area contributed by atoms with Crippen molar-refractivity contribution < 1.29 is 13.5 Å². The molecular formula is C12H18N4O3S2. The van der Waals surface area contributed by atoms with Gasteiger partial charge in [0.1, 0.15) is 0 Å². The van der Waals surface area contributed by atoms with Crippen molar-refractivity contribution in [1.29, 1.82) is 0 Å². The van der Waals surface area contributed by atoms with E-state index in [4.69, 9.17) is 0 Å². The van der Waals surface area contributed by atoms with Crippen LogP contribution in [0.1, 0.15) is 19.3 Å². The molecule has 1 aliphatic rings. The number of hydrogen-bond acceptors (Lipinski definition) is 6. The summed E-state index contributed by atoms with van der Waals surface area (Å²) in [7, 11) is -2.04. The Morgan fingerprint density at radius 2 is 2.33 bits per heavy atom. The molecular weight excluding hydrogens is 312 g/mol. The van der Waals surface area contributed by atoms with E-state index in [1.54, 1.807) is 23.0 Å². The molecule has 7 nitrogen and oxygen atoms in total. The third kappa shape index (κ3) is 2.33. The first kappa shape index (κ1) is 14.8. The molecule has 0 bridgehead atoms. The highest BCUT2D eigenvalue weighted by molar-refractivity contribution is 7.89. The van der Waals surface area contributed by atoms with Gasteiger partial charge >= 0.3 is 0 Å². The van der Waals surface area contributed by atoms with Crippen molar-refractivity contribution in [3.05, 3.63) is 11.6 Å². The second-order valence-electron chi connectivity index (χ2n) is 5.00. The van der Waals surface area contributed by atoms with E-state index in [-0.39, 0.29) is 24.2 Å². The van der Waals surface area contributed by atoms with Gasteiger partial charge in [0.2, 0.25) is 0 Å². The minimum absolute atomic E-state index is 0.0176. The average Bonchev–Trinajstić information content (AvgIpc) is 2.94. The fourth-order valence-corrected chi connectivity index (χ4v) is 5.26. The van der Waals surface area contributed by atoms with Gasteiger partial charge in [-0.2, -0.15) is 4.31 Å². The molecule has 2 aromatic heterocycles. The number of aromatic nitrogens is 2. The fourth-order valence-electron chi connectivity index (χ4n) is 2.56. The summed E-state index contributed by atoms with van der Waals surface area (Å²) in [6.45, 7) is -0.0657. The summed E-state index contributed by atoms with van der Waals surface area (Å²) in [6.07, 6.45) is 4.43. The van der Waals surface area contributed by atoms with Crippen LogP contribution in [-0.2, 0) is 10.0 Å². The first-order valence-corrected chi connectivity index (χ1v) is 9.17. The van der Waals surface area contributed by atoms with E-state index >= 15 is 0 Å². The van der Waals surface area contributed by atoms with Crippen molar-refractivity contribution in [3.8, 4) is 0 Å². The topological polar surface area (TPSA) is 86.9 Å². The van der Waals surface area contributed by atoms with Gasteiger partial charge in [-0.25, -0.2) is 13.4 Å². The maximum absolute atomic E-state index is 13.0. The molecule has 21 heavy (non-hydrogen) atoms. The van der Waals surface area contributed by atoms with Gasteiger partial charge in [0, 0.05) is 31.2 Å². The molecule has 9 heteroatoms. The van der Waals surface area contributed by atoms with Gasteiger partial charge in [-0.15, -0.1) is 11.3 Å². The maximum Gasteiger partial charge on any atom is 0.263 e. The van der Waals surface area contributed by atoms with Crippen LogP contribution in [-0.4, -0.2) is 53.5 Å². The van der Waals surface area contributed by atoms with Gasteiger partial charge in [-0.1, -0.05) is 6.42 Å². The Kier molecular flexibility index (Phi) is 3.91. The van der Waals surface area contributed by atoms with Crippen molar-refractivity contribution >= 4 is 32.1 Å². The van der Waals surface area contributed by atoms with Crippen LogP contribution in [0, 0.1) is 0 Å². The van der Waals surface area contributed by atoms with E-state index in [0.29, 0.717) is 10.8 Å². The maximum atomic E-state index is 13.0. The number of aliphatic hydroxyl groups is 1. The van der Waals surface area contributed by atoms with Crippen LogP contribution in [0.4, 0.5) is 5.82 Å². The average molecular weight is 330 g/mol. The molecule has 116 valence electrons. The van der Waals surface area contributed by atoms with Gasteiger partial charge in [0.25, 0.3) is 10.0 Å². The number of fused-ring (bicyclic) bond motifs is 1. The first-order valence-electron chi connectivity index (χ1n) is 6.85. The molecule has 1 saturated carbocycles. The van der Waals surface area contributed by atoms with Crippen LogP contribution < -0.4 is 5.32 Å². The first-order chi connectivity index (χ1) is 10.1. The van der Waals surface area contributed by atoms with Gasteiger partial charge in [0.05, 0.1) is 6.61 Å². The third-order valence-corrected chi connectivity index (χ3v) is 6.54. The third-order valence-electron chi connectivity index (χ3n) is 3.81. The molecule has 0 spiro atoms. The van der Waals surface area contributed by atoms with Crippen LogP contribution in [0.25, 0.3) is 4.96 Å². The number of rotatable bonds is 6. The molecule has 1 fully saturated rings. The molecule has 0 radical (unpaired) electrons. The number of nitrogens with zero attached hydrogens (tertiary/aromatic N) is 3. The monoisotopic (exact) mass is 330 g/mol. The van der Waals surface area contributed by atoms with Gasteiger partial charge in [0.15, 0.2) is 15.8 Å². The SMILES string of the molecule is CNc1nc2sccn2c1S(=O)(=O)N(CCO)C1CCC1. The Balaban J connectivity index is 2.11. The smallest absolute Gasteiger partial charge is 0.263 e. The summed E-state index contributed by atoms with van der Waals surface area (Å²) in [5.74, 6) is 0.351. The van der Waals surface area contributed by atoms with E-state index < -0.39 is 10.0 Å². The lowest BCUT2D eigenvalue weighted by molar-refractivity contribution is 0.178. The predicted molar refractivity (Wildman–Crippen MR) is 81.2 cm³/mol. The molecule has 0 saturated heterocycles. The molecule has 2 N–H and O–H groups in total. The van der Waals surface area contributed by atoms with Crippen molar-refractivity contribution in [2.75, 3.05) is 25.5 Å². The molecule has 0 atom stereocenters. The molecule has 0 aliphatic heterocycles. The lowest BCUT2D eigenvalue weighted by Crippen LogP contribution is -2.45. The van der Waals surface area contributed by atoms with Crippen molar-refractivity contribution in [2.24, 2.45) is 0 Å². The van der Waals surface area contributed by atoms with Gasteiger partial charge in [-0.05, 0) is 12.8 Å². The summed E-state index contributed by atoms with van der Waals surface area (Å²) in [4.78, 5) is 4.94. The van der Waals surface area contributed by atoms with E-state index in [9.17, 15) is 13.5 Å². The highest BCUT2D eigenvalue weighted by atomic mass is 32.2. The number of thiazole rings is 1. The molecule has 2 heterocycles. The van der Waals surface area contributed by atoms with Crippen LogP contribution in [0.2, 0.25) is 0 Å². The predicted octanol–water partition coefficient (Wildman–Crippen LogP) is 0.973. The summed E-state index contributed by atoms with van der Waals surface area (Å²) < 4.78 is 29.1. The lowest BCUT2D eigenvalue weighted by Gasteiger charge is -2.35. The van der Waals surface area contributed by atoms with E-state index in [1.807, 2.05) is 0 Å². The summed E-state index contributed by atoms with van der Waals surface area (Å²) in [5, 5.41) is 14.0. The standard InChI is InChI=1S/C12H18N4O3S2/c1-13-10-11(15-6-8-20-12(15)14-10)21(18,19)16(5-7-17)9-3-2-4-9/h6,8-9,13,17H,2-5,7H2,1H3.